The number of aliphatic hydroxyl groups excluding tert-OH is 1. The number of hydrogen-bond donors (Lipinski definition) is 1. The van der Waals surface area contributed by atoms with Gasteiger partial charge in [-0.3, -0.25) is 14.5 Å². The summed E-state index contributed by atoms with van der Waals surface area (Å²) in [6.45, 7) is 0.725. The first-order valence-electron chi connectivity index (χ1n) is 10.9. The smallest absolute Gasteiger partial charge is 0.301 e. The Morgan fingerprint density at radius 2 is 1.83 bits per heavy atom. The van der Waals surface area contributed by atoms with Crippen molar-refractivity contribution in [2.45, 2.75) is 6.04 Å². The molecule has 1 N–H and O–H groups in total. The number of aliphatic hydroxyl groups is 1. The van der Waals surface area contributed by atoms with Crippen molar-refractivity contribution < 1.29 is 28.6 Å². The molecule has 0 aliphatic carbocycles. The Morgan fingerprint density at radius 1 is 1.06 bits per heavy atom. The molecule has 1 saturated heterocycles. The number of thiazole rings is 1. The molecule has 3 heterocycles. The van der Waals surface area contributed by atoms with Crippen LogP contribution in [0.1, 0.15) is 17.2 Å². The average Bonchev–Trinajstić information content (AvgIpc) is 3.41. The fourth-order valence-electron chi connectivity index (χ4n) is 4.36. The van der Waals surface area contributed by atoms with E-state index in [-0.39, 0.29) is 21.8 Å². The van der Waals surface area contributed by atoms with Gasteiger partial charge < -0.3 is 14.6 Å². The fourth-order valence-corrected chi connectivity index (χ4v) is 5.62. The number of ketones is 1. The lowest BCUT2D eigenvalue weighted by atomic mass is 9.95. The predicted octanol–water partition coefficient (Wildman–Crippen LogP) is 5.49. The van der Waals surface area contributed by atoms with Crippen LogP contribution in [0.15, 0.2) is 66.2 Å². The molecule has 1 fully saturated rings. The summed E-state index contributed by atoms with van der Waals surface area (Å²) in [5.74, 6) is -2.07. The molecule has 10 heteroatoms. The van der Waals surface area contributed by atoms with Gasteiger partial charge in [-0.1, -0.05) is 41.1 Å². The first-order valence-corrected chi connectivity index (χ1v) is 12.1. The van der Waals surface area contributed by atoms with Crippen LogP contribution in [0.5, 0.6) is 11.5 Å². The fraction of sp³-hybridized carbons (Fsp3) is 0.115. The lowest BCUT2D eigenvalue weighted by Gasteiger charge is -2.23. The van der Waals surface area contributed by atoms with Gasteiger partial charge in [0.1, 0.15) is 30.8 Å². The molecule has 4 aromatic rings. The lowest BCUT2D eigenvalue weighted by Crippen LogP contribution is -2.29. The van der Waals surface area contributed by atoms with Crippen LogP contribution in [0, 0.1) is 5.82 Å². The van der Waals surface area contributed by atoms with E-state index in [0.717, 1.165) is 16.2 Å². The molecule has 7 nitrogen and oxygen atoms in total. The van der Waals surface area contributed by atoms with Crippen molar-refractivity contribution in [2.75, 3.05) is 18.1 Å². The minimum atomic E-state index is -1.24. The molecule has 36 heavy (non-hydrogen) atoms. The molecular formula is C26H16ClFN2O5S. The third kappa shape index (κ3) is 3.59. The molecule has 1 aromatic heterocycles. The molecule has 0 spiro atoms. The summed E-state index contributed by atoms with van der Waals surface area (Å²) >= 11 is 7.24. The highest BCUT2D eigenvalue weighted by molar-refractivity contribution is 7.22. The summed E-state index contributed by atoms with van der Waals surface area (Å²) in [6, 6.07) is 14.3. The number of carbonyl (C=O) groups excluding carboxylic acids is 2. The van der Waals surface area contributed by atoms with E-state index in [4.69, 9.17) is 21.1 Å². The van der Waals surface area contributed by atoms with Gasteiger partial charge in [-0.2, -0.15) is 0 Å². The number of fused-ring (bicyclic) bond motifs is 2. The number of Topliss-reactive ketones (excluding diaryl/α,β-unsaturated/α-hetero) is 1. The van der Waals surface area contributed by atoms with E-state index in [9.17, 15) is 14.7 Å². The number of ether oxygens (including phenoxy) is 2. The van der Waals surface area contributed by atoms with Gasteiger partial charge in [0.15, 0.2) is 16.6 Å². The average molecular weight is 523 g/mol. The molecule has 180 valence electrons. The maximum atomic E-state index is 15.1. The van der Waals surface area contributed by atoms with Crippen LogP contribution < -0.4 is 14.4 Å². The zero-order valence-corrected chi connectivity index (χ0v) is 20.0. The molecule has 1 atom stereocenters. The number of benzene rings is 3. The highest BCUT2D eigenvalue weighted by Crippen LogP contribution is 2.45. The predicted molar refractivity (Wildman–Crippen MR) is 133 cm³/mol. The Labute approximate surface area is 213 Å². The summed E-state index contributed by atoms with van der Waals surface area (Å²) in [5.41, 5.74) is 0.599. The highest BCUT2D eigenvalue weighted by Gasteiger charge is 2.49. The minimum absolute atomic E-state index is 0.0491. The quantitative estimate of drug-likeness (QED) is 0.217. The standard InChI is InChI=1S/C26H16ClFN2O5S/c27-14-6-7-17-20(12-14)36-26(29-17)30-22(15-3-1-2-4-16(15)28)21(24(32)25(30)33)23(31)13-5-8-18-19(11-13)35-10-9-34-18/h1-8,11-12,22,31H,9-10H2/t22-/m1/s1. The molecule has 0 saturated carbocycles. The molecule has 6 rings (SSSR count). The van der Waals surface area contributed by atoms with Crippen molar-refractivity contribution >= 4 is 55.7 Å². The largest absolute Gasteiger partial charge is 0.507 e. The van der Waals surface area contributed by atoms with E-state index in [1.54, 1.807) is 36.4 Å². The van der Waals surface area contributed by atoms with Crippen molar-refractivity contribution in [3.63, 3.8) is 0 Å². The van der Waals surface area contributed by atoms with E-state index in [0.29, 0.717) is 40.0 Å². The number of carbonyl (C=O) groups is 2. The van der Waals surface area contributed by atoms with Crippen molar-refractivity contribution in [3.8, 4) is 11.5 Å². The van der Waals surface area contributed by atoms with Gasteiger partial charge >= 0.3 is 5.91 Å². The van der Waals surface area contributed by atoms with Crippen LogP contribution in [0.3, 0.4) is 0 Å². The highest BCUT2D eigenvalue weighted by atomic mass is 35.5. The Morgan fingerprint density at radius 3 is 2.64 bits per heavy atom. The SMILES string of the molecule is O=C1C(=O)N(c2nc3ccc(Cl)cc3s2)[C@H](c2ccccc2F)C1=C(O)c1ccc2c(c1)OCCO2. The van der Waals surface area contributed by atoms with Gasteiger partial charge in [-0.25, -0.2) is 9.37 Å². The number of halogens is 2. The number of hydrogen-bond acceptors (Lipinski definition) is 7. The molecule has 2 aliphatic heterocycles. The van der Waals surface area contributed by atoms with E-state index < -0.39 is 29.3 Å². The molecule has 0 unspecified atom stereocenters. The molecule has 3 aromatic carbocycles. The molecule has 0 radical (unpaired) electrons. The first kappa shape index (κ1) is 22.5. The minimum Gasteiger partial charge on any atom is -0.507 e. The third-order valence-corrected chi connectivity index (χ3v) is 7.26. The van der Waals surface area contributed by atoms with Gasteiger partial charge in [0.25, 0.3) is 5.78 Å². The lowest BCUT2D eigenvalue weighted by molar-refractivity contribution is -0.132. The van der Waals surface area contributed by atoms with E-state index in [2.05, 4.69) is 4.98 Å². The molecule has 1 amide bonds. The topological polar surface area (TPSA) is 89.0 Å². The summed E-state index contributed by atoms with van der Waals surface area (Å²) in [5, 5.41) is 12.0. The van der Waals surface area contributed by atoms with Gasteiger partial charge in [0.2, 0.25) is 0 Å². The zero-order chi connectivity index (χ0) is 25.0. The van der Waals surface area contributed by atoms with Crippen molar-refractivity contribution in [3.05, 3.63) is 88.2 Å². The Kier molecular flexibility index (Phi) is 5.39. The Balaban J connectivity index is 1.55. The number of rotatable bonds is 3. The van der Waals surface area contributed by atoms with Crippen LogP contribution in [-0.2, 0) is 9.59 Å². The number of aromatic nitrogens is 1. The second kappa shape index (κ2) is 8.61. The third-order valence-electron chi connectivity index (χ3n) is 6.01. The number of amides is 1. The van der Waals surface area contributed by atoms with Crippen molar-refractivity contribution in [1.29, 1.82) is 0 Å². The summed E-state index contributed by atoms with van der Waals surface area (Å²) in [4.78, 5) is 32.3. The summed E-state index contributed by atoms with van der Waals surface area (Å²) < 4.78 is 26.9. The van der Waals surface area contributed by atoms with Crippen LogP contribution >= 0.6 is 22.9 Å². The van der Waals surface area contributed by atoms with Crippen LogP contribution in [0.4, 0.5) is 9.52 Å². The molecule has 0 bridgehead atoms. The molecular weight excluding hydrogens is 507 g/mol. The van der Waals surface area contributed by atoms with Crippen LogP contribution in [0.25, 0.3) is 16.0 Å². The van der Waals surface area contributed by atoms with E-state index >= 15 is 4.39 Å². The Hall–Kier alpha value is -3.95. The van der Waals surface area contributed by atoms with Crippen LogP contribution in [0.2, 0.25) is 5.02 Å². The van der Waals surface area contributed by atoms with Gasteiger partial charge in [-0.15, -0.1) is 0 Å². The van der Waals surface area contributed by atoms with E-state index in [1.807, 2.05) is 0 Å². The second-order valence-electron chi connectivity index (χ2n) is 8.16. The Bertz CT molecular complexity index is 1600. The maximum absolute atomic E-state index is 15.1. The van der Waals surface area contributed by atoms with E-state index in [1.165, 1.54) is 24.3 Å². The summed E-state index contributed by atoms with van der Waals surface area (Å²) in [7, 11) is 0. The molecule has 2 aliphatic rings. The number of anilines is 1. The van der Waals surface area contributed by atoms with Crippen molar-refractivity contribution in [2.24, 2.45) is 0 Å². The van der Waals surface area contributed by atoms with Crippen LogP contribution in [-0.4, -0.2) is 35.0 Å². The zero-order valence-electron chi connectivity index (χ0n) is 18.4. The van der Waals surface area contributed by atoms with Gasteiger partial charge in [0, 0.05) is 16.1 Å². The van der Waals surface area contributed by atoms with Gasteiger partial charge in [0.05, 0.1) is 15.8 Å². The first-order chi connectivity index (χ1) is 17.4. The van der Waals surface area contributed by atoms with Gasteiger partial charge in [-0.05, 0) is 42.5 Å². The monoisotopic (exact) mass is 522 g/mol. The normalized spacial score (nSPS) is 18.7. The second-order valence-corrected chi connectivity index (χ2v) is 9.60. The summed E-state index contributed by atoms with van der Waals surface area (Å²) in [6.07, 6.45) is 0. The maximum Gasteiger partial charge on any atom is 0.301 e. The number of nitrogens with zero attached hydrogens (tertiary/aromatic N) is 2. The van der Waals surface area contributed by atoms with Crippen molar-refractivity contribution in [1.82, 2.24) is 4.98 Å².